The lowest BCUT2D eigenvalue weighted by Gasteiger charge is -2.54. The van der Waals surface area contributed by atoms with Gasteiger partial charge in [0.25, 0.3) is 5.91 Å². The number of rotatable bonds is 5. The first-order valence-corrected chi connectivity index (χ1v) is 11.4. The van der Waals surface area contributed by atoms with Crippen molar-refractivity contribution in [1.82, 2.24) is 9.88 Å². The number of methoxy groups -OCH3 is 1. The number of ether oxygens (including phenoxy) is 1. The van der Waals surface area contributed by atoms with Crippen LogP contribution < -0.4 is 4.90 Å². The highest BCUT2D eigenvalue weighted by molar-refractivity contribution is 5.98. The van der Waals surface area contributed by atoms with Crippen molar-refractivity contribution in [1.29, 1.82) is 0 Å². The van der Waals surface area contributed by atoms with E-state index in [1.54, 1.807) is 12.0 Å². The van der Waals surface area contributed by atoms with Gasteiger partial charge in [-0.15, -0.1) is 6.42 Å². The van der Waals surface area contributed by atoms with Gasteiger partial charge >= 0.3 is 0 Å². The highest BCUT2D eigenvalue weighted by atomic mass is 16.5. The van der Waals surface area contributed by atoms with Crippen LogP contribution in [0, 0.1) is 18.3 Å². The summed E-state index contributed by atoms with van der Waals surface area (Å²) in [5.41, 5.74) is 1.52. The van der Waals surface area contributed by atoms with Crippen LogP contribution in [0.15, 0.2) is 42.5 Å². The Morgan fingerprint density at radius 1 is 1.16 bits per heavy atom. The monoisotopic (exact) mass is 431 g/mol. The summed E-state index contributed by atoms with van der Waals surface area (Å²) in [5.74, 6) is 3.51. The van der Waals surface area contributed by atoms with Gasteiger partial charge in [-0.2, -0.15) is 0 Å². The topological polar surface area (TPSA) is 65.9 Å². The zero-order valence-corrected chi connectivity index (χ0v) is 18.4. The number of nitrogens with zero attached hydrogens (tertiary/aromatic N) is 3. The number of carbonyl (C=O) groups excluding carboxylic acids is 1. The number of pyridine rings is 1. The number of carbonyl (C=O) groups is 1. The predicted molar refractivity (Wildman–Crippen MR) is 122 cm³/mol. The lowest BCUT2D eigenvalue weighted by atomic mass is 9.66. The molecule has 1 aromatic heterocycles. The van der Waals surface area contributed by atoms with Gasteiger partial charge in [-0.25, -0.2) is 4.98 Å². The Labute approximate surface area is 189 Å². The predicted octanol–water partition coefficient (Wildman–Crippen LogP) is 2.34. The summed E-state index contributed by atoms with van der Waals surface area (Å²) in [6.07, 6.45) is 8.56. The normalized spacial score (nSPS) is 31.7. The lowest BCUT2D eigenvalue weighted by Crippen LogP contribution is -2.63. The van der Waals surface area contributed by atoms with Crippen LogP contribution in [-0.4, -0.2) is 59.8 Å². The van der Waals surface area contributed by atoms with E-state index in [4.69, 9.17) is 16.1 Å². The minimum absolute atomic E-state index is 0.0681. The molecule has 1 amide bonds. The number of benzene rings is 1. The molecule has 0 radical (unpaired) electrons. The highest BCUT2D eigenvalue weighted by Gasteiger charge is 2.54. The number of hydrogen-bond acceptors (Lipinski definition) is 5. The summed E-state index contributed by atoms with van der Waals surface area (Å²) < 4.78 is 5.31. The van der Waals surface area contributed by atoms with E-state index in [9.17, 15) is 9.90 Å². The van der Waals surface area contributed by atoms with E-state index in [1.807, 2.05) is 30.3 Å². The number of anilines is 1. The summed E-state index contributed by atoms with van der Waals surface area (Å²) in [4.78, 5) is 21.6. The van der Waals surface area contributed by atoms with Crippen LogP contribution in [-0.2, 0) is 21.6 Å². The van der Waals surface area contributed by atoms with Crippen LogP contribution in [0.4, 0.5) is 5.82 Å². The highest BCUT2D eigenvalue weighted by Crippen LogP contribution is 2.48. The Morgan fingerprint density at radius 3 is 2.56 bits per heavy atom. The van der Waals surface area contributed by atoms with Crippen molar-refractivity contribution in [2.24, 2.45) is 5.92 Å². The van der Waals surface area contributed by atoms with Crippen LogP contribution >= 0.6 is 0 Å². The van der Waals surface area contributed by atoms with E-state index >= 15 is 0 Å². The van der Waals surface area contributed by atoms with Crippen LogP contribution in [0.1, 0.15) is 36.1 Å². The molecule has 32 heavy (non-hydrogen) atoms. The Bertz CT molecular complexity index is 1040. The molecule has 4 aliphatic rings. The Morgan fingerprint density at radius 2 is 1.91 bits per heavy atom. The van der Waals surface area contributed by atoms with Crippen molar-refractivity contribution in [3.05, 3.63) is 59.3 Å². The van der Waals surface area contributed by atoms with Crippen LogP contribution in [0.25, 0.3) is 0 Å². The fraction of sp³-hybridized carbons (Fsp3) is 0.462. The molecule has 6 rings (SSSR count). The zero-order valence-electron chi connectivity index (χ0n) is 18.4. The van der Waals surface area contributed by atoms with Gasteiger partial charge in [0, 0.05) is 32.1 Å². The minimum atomic E-state index is -1.15. The molecule has 3 atom stereocenters. The molecule has 0 spiro atoms. The number of amides is 1. The zero-order chi connectivity index (χ0) is 22.3. The van der Waals surface area contributed by atoms with Crippen molar-refractivity contribution >= 4 is 11.7 Å². The molecular formula is C26H29N3O3. The summed E-state index contributed by atoms with van der Waals surface area (Å²) in [6.45, 7) is 2.41. The van der Waals surface area contributed by atoms with E-state index in [2.05, 4.69) is 23.0 Å². The van der Waals surface area contributed by atoms with Gasteiger partial charge in [0.1, 0.15) is 23.6 Å². The average Bonchev–Trinajstić information content (AvgIpc) is 3.20. The standard InChI is InChI=1S/C26H29N3O3/c1-3-23-26(31,19-11-14-28(23)15-12-19)20-9-10-24(29-16-13-22(32-2)25(29)30)27-21(20)17-18-7-5-4-6-8-18/h1,4-10,19,22-23,31H,11-17H2,2H3/t22-,23?,26+/m0/s1. The molecule has 6 heteroatoms. The fourth-order valence-electron chi connectivity index (χ4n) is 5.73. The summed E-state index contributed by atoms with van der Waals surface area (Å²) in [7, 11) is 1.56. The second-order valence-electron chi connectivity index (χ2n) is 9.03. The SMILES string of the molecule is C#CC1N2CCC(CC2)[C@@]1(O)c1ccc(N2CC[C@H](OC)C2=O)nc1Cc1ccccc1. The van der Waals surface area contributed by atoms with Gasteiger partial charge in [0.2, 0.25) is 0 Å². The third-order valence-electron chi connectivity index (χ3n) is 7.41. The smallest absolute Gasteiger partial charge is 0.257 e. The third-order valence-corrected chi connectivity index (χ3v) is 7.41. The van der Waals surface area contributed by atoms with Gasteiger partial charge in [-0.1, -0.05) is 42.3 Å². The molecule has 2 aromatic rings. The summed E-state index contributed by atoms with van der Waals surface area (Å²) >= 11 is 0. The third kappa shape index (κ3) is 3.32. The number of terminal acetylenes is 1. The van der Waals surface area contributed by atoms with Gasteiger partial charge in [0.05, 0.1) is 5.69 Å². The lowest BCUT2D eigenvalue weighted by molar-refractivity contribution is -0.143. The molecule has 4 fully saturated rings. The molecule has 5 heterocycles. The average molecular weight is 432 g/mol. The molecule has 1 unspecified atom stereocenters. The minimum Gasteiger partial charge on any atom is -0.382 e. The second-order valence-corrected chi connectivity index (χ2v) is 9.03. The van der Waals surface area contributed by atoms with Crippen LogP contribution in [0.2, 0.25) is 0 Å². The Kier molecular flexibility index (Phi) is 5.50. The maximum Gasteiger partial charge on any atom is 0.257 e. The molecule has 166 valence electrons. The molecule has 1 N–H and O–H groups in total. The first-order valence-electron chi connectivity index (χ1n) is 11.4. The Hall–Kier alpha value is -2.72. The van der Waals surface area contributed by atoms with Gasteiger partial charge in [-0.3, -0.25) is 14.6 Å². The summed E-state index contributed by atoms with van der Waals surface area (Å²) in [5, 5.41) is 12.1. The van der Waals surface area contributed by atoms with Crippen molar-refractivity contribution in [3.63, 3.8) is 0 Å². The molecule has 4 aliphatic heterocycles. The van der Waals surface area contributed by atoms with E-state index in [-0.39, 0.29) is 17.9 Å². The van der Waals surface area contributed by atoms with E-state index in [1.165, 1.54) is 0 Å². The maximum absolute atomic E-state index is 12.7. The Balaban J connectivity index is 1.59. The first kappa shape index (κ1) is 21.1. The van der Waals surface area contributed by atoms with Crippen molar-refractivity contribution in [2.45, 2.75) is 43.4 Å². The molecule has 6 nitrogen and oxygen atoms in total. The van der Waals surface area contributed by atoms with Crippen molar-refractivity contribution in [2.75, 3.05) is 31.6 Å². The van der Waals surface area contributed by atoms with Gasteiger partial charge in [-0.05, 0) is 43.5 Å². The molecular weight excluding hydrogens is 402 g/mol. The molecule has 4 saturated heterocycles. The summed E-state index contributed by atoms with van der Waals surface area (Å²) in [6, 6.07) is 13.5. The number of hydrogen-bond donors (Lipinski definition) is 1. The molecule has 1 aromatic carbocycles. The number of fused-ring (bicyclic) bond motifs is 3. The first-order chi connectivity index (χ1) is 15.6. The van der Waals surface area contributed by atoms with Gasteiger partial charge in [0.15, 0.2) is 0 Å². The number of piperidine rings is 3. The van der Waals surface area contributed by atoms with Crippen LogP contribution in [0.5, 0.6) is 0 Å². The van der Waals surface area contributed by atoms with E-state index in [0.29, 0.717) is 25.2 Å². The molecule has 0 saturated carbocycles. The second kappa shape index (κ2) is 8.32. The van der Waals surface area contributed by atoms with Crippen molar-refractivity contribution in [3.8, 4) is 12.3 Å². The van der Waals surface area contributed by atoms with E-state index in [0.717, 1.165) is 42.8 Å². The maximum atomic E-state index is 12.7. The molecule has 0 aliphatic carbocycles. The van der Waals surface area contributed by atoms with Gasteiger partial charge < -0.3 is 9.84 Å². The quantitative estimate of drug-likeness (QED) is 0.737. The van der Waals surface area contributed by atoms with E-state index < -0.39 is 11.7 Å². The fourth-order valence-corrected chi connectivity index (χ4v) is 5.73. The van der Waals surface area contributed by atoms with Crippen LogP contribution in [0.3, 0.4) is 0 Å². The molecule has 2 bridgehead atoms. The number of aromatic nitrogens is 1. The number of aliphatic hydroxyl groups is 1. The largest absolute Gasteiger partial charge is 0.382 e. The van der Waals surface area contributed by atoms with Crippen molar-refractivity contribution < 1.29 is 14.6 Å².